The van der Waals surface area contributed by atoms with Crippen LogP contribution in [0.1, 0.15) is 31.1 Å². The van der Waals surface area contributed by atoms with Crippen molar-refractivity contribution in [3.63, 3.8) is 0 Å². The number of nitrogens with one attached hydrogen (secondary N) is 1. The van der Waals surface area contributed by atoms with Crippen molar-refractivity contribution in [1.29, 1.82) is 0 Å². The summed E-state index contributed by atoms with van der Waals surface area (Å²) in [6.45, 7) is 2.17. The van der Waals surface area contributed by atoms with Gasteiger partial charge in [0, 0.05) is 23.9 Å². The van der Waals surface area contributed by atoms with Crippen molar-refractivity contribution in [3.8, 4) is 0 Å². The van der Waals surface area contributed by atoms with Crippen LogP contribution in [0, 0.1) is 5.92 Å². The molecule has 0 amide bonds. The summed E-state index contributed by atoms with van der Waals surface area (Å²) >= 11 is 1.24. The molecule has 1 fully saturated rings. The first kappa shape index (κ1) is 14.0. The van der Waals surface area contributed by atoms with E-state index in [-0.39, 0.29) is 12.6 Å². The number of rotatable bonds is 7. The van der Waals surface area contributed by atoms with Crippen LogP contribution in [0.3, 0.4) is 0 Å². The van der Waals surface area contributed by atoms with Crippen LogP contribution in [0.4, 0.5) is 0 Å². The first-order valence-electron chi connectivity index (χ1n) is 6.28. The number of sulfonamides is 1. The summed E-state index contributed by atoms with van der Waals surface area (Å²) in [4.78, 5) is 0.902. The summed E-state index contributed by atoms with van der Waals surface area (Å²) in [5.74, 6) is 0.515. The minimum atomic E-state index is -3.36. The fraction of sp³-hybridized carbons (Fsp3) is 0.667. The van der Waals surface area contributed by atoms with E-state index in [1.165, 1.54) is 11.3 Å². The Morgan fingerprint density at radius 3 is 2.94 bits per heavy atom. The molecule has 0 radical (unpaired) electrons. The Labute approximate surface area is 112 Å². The highest BCUT2D eigenvalue weighted by molar-refractivity contribution is 7.91. The van der Waals surface area contributed by atoms with Gasteiger partial charge in [0.2, 0.25) is 10.0 Å². The second-order valence-electron chi connectivity index (χ2n) is 4.71. The second-order valence-corrected chi connectivity index (χ2v) is 7.82. The first-order chi connectivity index (χ1) is 8.56. The van der Waals surface area contributed by atoms with E-state index in [9.17, 15) is 8.42 Å². The van der Waals surface area contributed by atoms with Crippen LogP contribution >= 0.6 is 11.3 Å². The molecule has 0 aliphatic heterocycles. The lowest BCUT2D eigenvalue weighted by molar-refractivity contribution is 0.300. The minimum Gasteiger partial charge on any atom is -0.396 e. The number of hydrogen-bond donors (Lipinski definition) is 2. The van der Waals surface area contributed by atoms with Crippen molar-refractivity contribution in [2.24, 2.45) is 5.92 Å². The number of aliphatic hydroxyl groups excluding tert-OH is 1. The zero-order chi connectivity index (χ0) is 13.2. The first-order valence-corrected chi connectivity index (χ1v) is 8.58. The normalized spacial score (nSPS) is 23.2. The second kappa shape index (κ2) is 5.69. The number of aliphatic hydroxyl groups is 1. The molecule has 2 unspecified atom stereocenters. The molecule has 1 aliphatic carbocycles. The fourth-order valence-corrected chi connectivity index (χ4v) is 4.77. The Morgan fingerprint density at radius 1 is 1.50 bits per heavy atom. The smallest absolute Gasteiger partial charge is 0.250 e. The number of hydrogen-bond acceptors (Lipinski definition) is 4. The van der Waals surface area contributed by atoms with Gasteiger partial charge in [-0.05, 0) is 30.9 Å². The molecule has 102 valence electrons. The molecule has 2 rings (SSSR count). The number of thiophene rings is 1. The van der Waals surface area contributed by atoms with Gasteiger partial charge in [0.1, 0.15) is 4.21 Å². The Morgan fingerprint density at radius 2 is 2.28 bits per heavy atom. The van der Waals surface area contributed by atoms with Gasteiger partial charge >= 0.3 is 0 Å². The van der Waals surface area contributed by atoms with Crippen molar-refractivity contribution in [3.05, 3.63) is 17.0 Å². The third kappa shape index (κ3) is 3.32. The quantitative estimate of drug-likeness (QED) is 0.803. The molecule has 1 saturated carbocycles. The highest BCUT2D eigenvalue weighted by Gasteiger charge is 2.39. The molecule has 1 aromatic heterocycles. The Balaban J connectivity index is 1.98. The summed E-state index contributed by atoms with van der Waals surface area (Å²) in [6, 6.07) is 3.51. The van der Waals surface area contributed by atoms with Gasteiger partial charge in [-0.2, -0.15) is 0 Å². The lowest BCUT2D eigenvalue weighted by atomic mass is 10.2. The van der Waals surface area contributed by atoms with E-state index in [0.717, 1.165) is 24.1 Å². The molecular formula is C12H19NO3S2. The Kier molecular flexibility index (Phi) is 4.42. The maximum absolute atomic E-state index is 12.1. The van der Waals surface area contributed by atoms with Gasteiger partial charge < -0.3 is 5.11 Å². The van der Waals surface area contributed by atoms with E-state index >= 15 is 0 Å². The van der Waals surface area contributed by atoms with Crippen molar-refractivity contribution < 1.29 is 13.5 Å². The highest BCUT2D eigenvalue weighted by atomic mass is 32.2. The SMILES string of the molecule is CCCC1CC1NS(=O)(=O)c1ccc(CCO)s1. The monoisotopic (exact) mass is 289 g/mol. The van der Waals surface area contributed by atoms with Gasteiger partial charge in [-0.15, -0.1) is 11.3 Å². The van der Waals surface area contributed by atoms with E-state index in [1.54, 1.807) is 12.1 Å². The molecule has 0 spiro atoms. The van der Waals surface area contributed by atoms with E-state index in [4.69, 9.17) is 5.11 Å². The lowest BCUT2D eigenvalue weighted by Gasteiger charge is -2.03. The van der Waals surface area contributed by atoms with Gasteiger partial charge in [0.15, 0.2) is 0 Å². The molecular weight excluding hydrogens is 270 g/mol. The Hall–Kier alpha value is -0.430. The zero-order valence-corrected chi connectivity index (χ0v) is 12.1. The molecule has 4 nitrogen and oxygen atoms in total. The molecule has 18 heavy (non-hydrogen) atoms. The summed E-state index contributed by atoms with van der Waals surface area (Å²) in [5.41, 5.74) is 0. The van der Waals surface area contributed by atoms with Crippen molar-refractivity contribution >= 4 is 21.4 Å². The maximum atomic E-state index is 12.1. The molecule has 0 aromatic carbocycles. The van der Waals surface area contributed by atoms with Crippen molar-refractivity contribution in [2.75, 3.05) is 6.61 Å². The molecule has 2 atom stereocenters. The van der Waals surface area contributed by atoms with Gasteiger partial charge in [-0.25, -0.2) is 13.1 Å². The van der Waals surface area contributed by atoms with Crippen LogP contribution < -0.4 is 4.72 Å². The van der Waals surface area contributed by atoms with Crippen molar-refractivity contribution in [1.82, 2.24) is 4.72 Å². The van der Waals surface area contributed by atoms with Crippen LogP contribution in [0.25, 0.3) is 0 Å². The van der Waals surface area contributed by atoms with E-state index in [2.05, 4.69) is 11.6 Å². The van der Waals surface area contributed by atoms with Gasteiger partial charge in [-0.1, -0.05) is 13.3 Å². The van der Waals surface area contributed by atoms with Crippen molar-refractivity contribution in [2.45, 2.75) is 42.9 Å². The fourth-order valence-electron chi connectivity index (χ4n) is 2.09. The summed E-state index contributed by atoms with van der Waals surface area (Å²) in [7, 11) is -3.36. The van der Waals surface area contributed by atoms with Gasteiger partial charge in [0.05, 0.1) is 0 Å². The molecule has 6 heteroatoms. The topological polar surface area (TPSA) is 66.4 Å². The highest BCUT2D eigenvalue weighted by Crippen LogP contribution is 2.36. The molecule has 0 bridgehead atoms. The van der Waals surface area contributed by atoms with E-state index in [1.807, 2.05) is 0 Å². The van der Waals surface area contributed by atoms with E-state index < -0.39 is 10.0 Å². The summed E-state index contributed by atoms with van der Waals surface area (Å²) in [6.07, 6.45) is 3.67. The third-order valence-electron chi connectivity index (χ3n) is 3.15. The van der Waals surface area contributed by atoms with Crippen LogP contribution in [-0.4, -0.2) is 26.2 Å². The zero-order valence-electron chi connectivity index (χ0n) is 10.4. The third-order valence-corrected chi connectivity index (χ3v) is 6.28. The van der Waals surface area contributed by atoms with Gasteiger partial charge in [0.25, 0.3) is 0 Å². The summed E-state index contributed by atoms with van der Waals surface area (Å²) in [5, 5.41) is 8.82. The molecule has 1 aliphatic rings. The maximum Gasteiger partial charge on any atom is 0.250 e. The summed E-state index contributed by atoms with van der Waals surface area (Å²) < 4.78 is 27.3. The Bertz CT molecular complexity index is 495. The van der Waals surface area contributed by atoms with Crippen LogP contribution in [0.2, 0.25) is 0 Å². The predicted molar refractivity (Wildman–Crippen MR) is 72.2 cm³/mol. The lowest BCUT2D eigenvalue weighted by Crippen LogP contribution is -2.26. The molecule has 2 N–H and O–H groups in total. The van der Waals surface area contributed by atoms with Crippen LogP contribution in [0.5, 0.6) is 0 Å². The molecule has 1 aromatic rings. The largest absolute Gasteiger partial charge is 0.396 e. The molecule has 1 heterocycles. The average molecular weight is 289 g/mol. The van der Waals surface area contributed by atoms with Crippen LogP contribution in [-0.2, 0) is 16.4 Å². The standard InChI is InChI=1S/C12H19NO3S2/c1-2-3-9-8-11(9)13-18(15,16)12-5-4-10(17-12)6-7-14/h4-5,9,11,13-14H,2-3,6-8H2,1H3. The van der Waals surface area contributed by atoms with Gasteiger partial charge in [-0.3, -0.25) is 0 Å². The predicted octanol–water partition coefficient (Wildman–Crippen LogP) is 1.75. The van der Waals surface area contributed by atoms with E-state index in [0.29, 0.717) is 16.5 Å². The average Bonchev–Trinajstić information content (AvgIpc) is 2.84. The minimum absolute atomic E-state index is 0.0502. The molecule has 0 saturated heterocycles. The van der Waals surface area contributed by atoms with Crippen LogP contribution in [0.15, 0.2) is 16.3 Å².